The van der Waals surface area contributed by atoms with Crippen molar-refractivity contribution in [2.24, 2.45) is 0 Å². The molecule has 3 aromatic rings. The molecule has 0 atom stereocenters. The summed E-state index contributed by atoms with van der Waals surface area (Å²) in [7, 11) is 0. The molecule has 0 radical (unpaired) electrons. The second-order valence-corrected chi connectivity index (χ2v) is 4.09. The Hall–Kier alpha value is -2.76. The van der Waals surface area contributed by atoms with Crippen LogP contribution in [0.4, 0.5) is 4.39 Å². The van der Waals surface area contributed by atoms with Gasteiger partial charge in [0.25, 0.3) is 0 Å². The third-order valence-electron chi connectivity index (χ3n) is 2.70. The van der Waals surface area contributed by atoms with Crippen LogP contribution in [0.15, 0.2) is 54.6 Å². The van der Waals surface area contributed by atoms with Crippen molar-refractivity contribution in [3.05, 3.63) is 60.2 Å². The van der Waals surface area contributed by atoms with Gasteiger partial charge in [0.2, 0.25) is 0 Å². The minimum absolute atomic E-state index is 0.229. The number of tetrazole rings is 1. The van der Waals surface area contributed by atoms with Gasteiger partial charge in [-0.25, -0.2) is 4.39 Å². The van der Waals surface area contributed by atoms with E-state index < -0.39 is 6.67 Å². The fraction of sp³-hybridized carbons (Fsp3) is 0.0714. The maximum atomic E-state index is 12.7. The molecular formula is C14H11FN4O. The predicted octanol–water partition coefficient (Wildman–Crippen LogP) is 2.92. The number of ether oxygens (including phenoxy) is 1. The van der Waals surface area contributed by atoms with E-state index in [-0.39, 0.29) is 6.01 Å². The molecule has 0 fully saturated rings. The van der Waals surface area contributed by atoms with Crippen molar-refractivity contribution in [3.63, 3.8) is 0 Å². The summed E-state index contributed by atoms with van der Waals surface area (Å²) in [6.45, 7) is -0.537. The zero-order chi connectivity index (χ0) is 13.8. The molecule has 0 aliphatic carbocycles. The molecule has 0 aliphatic heterocycles. The number of hydrogen-bond donors (Lipinski definition) is 0. The number of para-hydroxylation sites is 1. The SMILES string of the molecule is FCc1cccc(-n2nnnc2Oc2ccccc2)c1. The van der Waals surface area contributed by atoms with Gasteiger partial charge in [-0.3, -0.25) is 0 Å². The van der Waals surface area contributed by atoms with Crippen molar-refractivity contribution in [2.75, 3.05) is 0 Å². The molecule has 0 saturated heterocycles. The van der Waals surface area contributed by atoms with E-state index in [9.17, 15) is 4.39 Å². The minimum atomic E-state index is -0.537. The van der Waals surface area contributed by atoms with Crippen LogP contribution in [0.25, 0.3) is 5.69 Å². The van der Waals surface area contributed by atoms with E-state index in [1.54, 1.807) is 36.4 Å². The van der Waals surface area contributed by atoms with Crippen LogP contribution >= 0.6 is 0 Å². The summed E-state index contributed by atoms with van der Waals surface area (Å²) < 4.78 is 19.7. The topological polar surface area (TPSA) is 52.8 Å². The molecule has 20 heavy (non-hydrogen) atoms. The largest absolute Gasteiger partial charge is 0.423 e. The summed E-state index contributed by atoms with van der Waals surface area (Å²) in [6.07, 6.45) is 0. The van der Waals surface area contributed by atoms with Crippen LogP contribution < -0.4 is 4.74 Å². The lowest BCUT2D eigenvalue weighted by Gasteiger charge is -2.06. The first-order valence-corrected chi connectivity index (χ1v) is 6.03. The van der Waals surface area contributed by atoms with E-state index in [0.717, 1.165) is 0 Å². The Bertz CT molecular complexity index is 699. The summed E-state index contributed by atoms with van der Waals surface area (Å²) in [5.74, 6) is 0.630. The van der Waals surface area contributed by atoms with Crippen LogP contribution in [0.3, 0.4) is 0 Å². The Kier molecular flexibility index (Phi) is 3.36. The van der Waals surface area contributed by atoms with Crippen molar-refractivity contribution >= 4 is 0 Å². The second-order valence-electron chi connectivity index (χ2n) is 4.09. The Morgan fingerprint density at radius 2 is 1.90 bits per heavy atom. The van der Waals surface area contributed by atoms with Crippen molar-refractivity contribution < 1.29 is 9.13 Å². The van der Waals surface area contributed by atoms with E-state index >= 15 is 0 Å². The van der Waals surface area contributed by atoms with E-state index in [4.69, 9.17) is 4.74 Å². The number of aromatic nitrogens is 4. The van der Waals surface area contributed by atoms with E-state index in [0.29, 0.717) is 17.0 Å². The highest BCUT2D eigenvalue weighted by atomic mass is 19.1. The average Bonchev–Trinajstić information content (AvgIpc) is 2.96. The Morgan fingerprint density at radius 1 is 1.05 bits per heavy atom. The van der Waals surface area contributed by atoms with Crippen LogP contribution in [0.1, 0.15) is 5.56 Å². The smallest absolute Gasteiger partial charge is 0.345 e. The van der Waals surface area contributed by atoms with Crippen LogP contribution in [0.2, 0.25) is 0 Å². The van der Waals surface area contributed by atoms with Gasteiger partial charge in [0, 0.05) is 0 Å². The number of benzene rings is 2. The monoisotopic (exact) mass is 270 g/mol. The summed E-state index contributed by atoms with van der Waals surface area (Å²) in [4.78, 5) is 0. The molecule has 0 spiro atoms. The normalized spacial score (nSPS) is 10.4. The Morgan fingerprint density at radius 3 is 2.70 bits per heavy atom. The molecule has 0 aliphatic rings. The van der Waals surface area contributed by atoms with Gasteiger partial charge in [0.1, 0.15) is 12.4 Å². The zero-order valence-corrected chi connectivity index (χ0v) is 10.5. The van der Waals surface area contributed by atoms with Gasteiger partial charge in [-0.05, 0) is 40.3 Å². The highest BCUT2D eigenvalue weighted by Crippen LogP contribution is 2.21. The third kappa shape index (κ3) is 2.49. The molecule has 0 unspecified atom stereocenters. The number of hydrogen-bond acceptors (Lipinski definition) is 4. The van der Waals surface area contributed by atoms with Gasteiger partial charge < -0.3 is 4.74 Å². The van der Waals surface area contributed by atoms with Crippen molar-refractivity contribution in [2.45, 2.75) is 6.67 Å². The highest BCUT2D eigenvalue weighted by Gasteiger charge is 2.10. The maximum absolute atomic E-state index is 12.7. The third-order valence-corrected chi connectivity index (χ3v) is 2.70. The molecule has 5 nitrogen and oxygen atoms in total. The first kappa shape index (κ1) is 12.3. The number of halogens is 1. The lowest BCUT2D eigenvalue weighted by Crippen LogP contribution is -2.00. The highest BCUT2D eigenvalue weighted by molar-refractivity contribution is 5.37. The molecule has 0 N–H and O–H groups in total. The standard InChI is InChI=1S/C14H11FN4O/c15-10-11-5-4-6-12(9-11)19-14(16-17-18-19)20-13-7-2-1-3-8-13/h1-9H,10H2. The molecule has 1 heterocycles. The number of rotatable bonds is 4. The first-order chi connectivity index (χ1) is 9.86. The van der Waals surface area contributed by atoms with Crippen LogP contribution in [-0.4, -0.2) is 20.2 Å². The molecular weight excluding hydrogens is 259 g/mol. The van der Waals surface area contributed by atoms with Crippen molar-refractivity contribution in [3.8, 4) is 17.4 Å². The molecule has 1 aromatic heterocycles. The molecule has 3 rings (SSSR count). The fourth-order valence-electron chi connectivity index (χ4n) is 1.77. The Balaban J connectivity index is 1.93. The summed E-state index contributed by atoms with van der Waals surface area (Å²) in [6, 6.07) is 16.3. The van der Waals surface area contributed by atoms with E-state index in [1.807, 2.05) is 18.2 Å². The van der Waals surface area contributed by atoms with Gasteiger partial charge in [0.15, 0.2) is 0 Å². The predicted molar refractivity (Wildman–Crippen MR) is 70.5 cm³/mol. The minimum Gasteiger partial charge on any atom is -0.423 e. The number of nitrogens with zero attached hydrogens (tertiary/aromatic N) is 4. The van der Waals surface area contributed by atoms with E-state index in [1.165, 1.54) is 4.68 Å². The van der Waals surface area contributed by atoms with Crippen LogP contribution in [0, 0.1) is 0 Å². The van der Waals surface area contributed by atoms with Crippen LogP contribution in [-0.2, 0) is 6.67 Å². The fourth-order valence-corrected chi connectivity index (χ4v) is 1.77. The maximum Gasteiger partial charge on any atom is 0.345 e. The molecule has 6 heteroatoms. The van der Waals surface area contributed by atoms with Crippen LogP contribution in [0.5, 0.6) is 11.8 Å². The quantitative estimate of drug-likeness (QED) is 0.731. The van der Waals surface area contributed by atoms with Gasteiger partial charge in [-0.2, -0.15) is 4.68 Å². The summed E-state index contributed by atoms with van der Waals surface area (Å²) in [5, 5.41) is 11.3. The van der Waals surface area contributed by atoms with Gasteiger partial charge in [-0.1, -0.05) is 35.4 Å². The molecule has 100 valence electrons. The Labute approximate surface area is 114 Å². The van der Waals surface area contributed by atoms with Gasteiger partial charge in [0.05, 0.1) is 5.69 Å². The van der Waals surface area contributed by atoms with Crippen molar-refractivity contribution in [1.29, 1.82) is 0 Å². The zero-order valence-electron chi connectivity index (χ0n) is 10.5. The van der Waals surface area contributed by atoms with Crippen molar-refractivity contribution in [1.82, 2.24) is 20.2 Å². The second kappa shape index (κ2) is 5.48. The molecule has 0 amide bonds. The molecule has 0 saturated carbocycles. The van der Waals surface area contributed by atoms with Gasteiger partial charge in [-0.15, -0.1) is 0 Å². The summed E-state index contributed by atoms with van der Waals surface area (Å²) >= 11 is 0. The summed E-state index contributed by atoms with van der Waals surface area (Å²) in [5.41, 5.74) is 1.21. The molecule has 2 aromatic carbocycles. The average molecular weight is 270 g/mol. The number of alkyl halides is 1. The van der Waals surface area contributed by atoms with Gasteiger partial charge >= 0.3 is 6.01 Å². The van der Waals surface area contributed by atoms with E-state index in [2.05, 4.69) is 15.5 Å². The lowest BCUT2D eigenvalue weighted by molar-refractivity contribution is 0.427. The lowest BCUT2D eigenvalue weighted by atomic mass is 10.2. The first-order valence-electron chi connectivity index (χ1n) is 6.03. The molecule has 0 bridgehead atoms.